The summed E-state index contributed by atoms with van der Waals surface area (Å²) >= 11 is 3.79. The molecule has 189 valence electrons. The van der Waals surface area contributed by atoms with Crippen molar-refractivity contribution in [2.24, 2.45) is 0 Å². The van der Waals surface area contributed by atoms with Crippen LogP contribution < -0.4 is 16.7 Å². The zero-order valence-corrected chi connectivity index (χ0v) is 24.9. The van der Waals surface area contributed by atoms with Gasteiger partial charge in [-0.3, -0.25) is 4.90 Å². The summed E-state index contributed by atoms with van der Waals surface area (Å²) in [5.41, 5.74) is 10.5. The molecule has 35 heavy (non-hydrogen) atoms. The van der Waals surface area contributed by atoms with E-state index >= 15 is 0 Å². The number of fused-ring (bicyclic) bond motifs is 1. The summed E-state index contributed by atoms with van der Waals surface area (Å²) in [6.07, 6.45) is 0.470. The number of benzene rings is 2. The van der Waals surface area contributed by atoms with Gasteiger partial charge in [0.05, 0.1) is 0 Å². The summed E-state index contributed by atoms with van der Waals surface area (Å²) in [5.74, 6) is 1.03. The molecule has 2 heterocycles. The van der Waals surface area contributed by atoms with Crippen LogP contribution >= 0.6 is 12.6 Å². The Morgan fingerprint density at radius 3 is 2.43 bits per heavy atom. The van der Waals surface area contributed by atoms with Crippen molar-refractivity contribution in [3.63, 3.8) is 0 Å². The van der Waals surface area contributed by atoms with Crippen molar-refractivity contribution < 1.29 is 42.2 Å². The van der Waals surface area contributed by atoms with Gasteiger partial charge in [-0.05, 0) is 47.6 Å². The quantitative estimate of drug-likeness (QED) is 0.214. The van der Waals surface area contributed by atoms with Gasteiger partial charge in [0, 0.05) is 94.6 Å². The third-order valence-electron chi connectivity index (χ3n) is 5.55. The first kappa shape index (κ1) is 31.6. The van der Waals surface area contributed by atoms with Crippen molar-refractivity contribution in [3.8, 4) is 5.75 Å². The van der Waals surface area contributed by atoms with E-state index in [0.717, 1.165) is 59.7 Å². The molecule has 0 amide bonds. The summed E-state index contributed by atoms with van der Waals surface area (Å²) in [5, 5.41) is 17.5. The van der Waals surface area contributed by atoms with Gasteiger partial charge in [0.1, 0.15) is 11.3 Å². The molecule has 1 fully saturated rings. The molecule has 0 saturated carbocycles. The van der Waals surface area contributed by atoms with Crippen molar-refractivity contribution in [2.45, 2.75) is 26.8 Å². The normalized spacial score (nSPS) is 13.2. The van der Waals surface area contributed by atoms with Gasteiger partial charge in [0.2, 0.25) is 0 Å². The second-order valence-electron chi connectivity index (χ2n) is 8.12. The Bertz CT molecular complexity index is 1120. The maximum atomic E-state index is 12.9. The van der Waals surface area contributed by atoms with Crippen LogP contribution in [0.5, 0.6) is 5.75 Å². The molecule has 1 aliphatic heterocycles. The Morgan fingerprint density at radius 2 is 1.80 bits per heavy atom. The summed E-state index contributed by atoms with van der Waals surface area (Å²) in [4.78, 5) is 15.2. The smallest absolute Gasteiger partial charge is 0.340 e. The van der Waals surface area contributed by atoms with Crippen LogP contribution in [-0.2, 0) is 45.7 Å². The molecule has 0 bridgehead atoms. The average Bonchev–Trinajstić information content (AvgIpc) is 2.80. The standard InChI is InChI=1S/C22H25N3O3.C2H6N.C2H6S.Y/c1-14-15(3-2-4-20(14)23)11-18-19(13-25-9-7-24-8-10-25)17-6-5-16(26)12-21(17)28-22(18)27;1-3-2;1-2-3;/h2-6,12,24,26H,7-11,13,23H2,1H3;1-2H3;3H,2H2,1H3;/q;-1;;. The van der Waals surface area contributed by atoms with Crippen molar-refractivity contribution >= 4 is 29.3 Å². The molecular weight excluding hydrogens is 537 g/mol. The predicted molar refractivity (Wildman–Crippen MR) is 145 cm³/mol. The average molecular weight is 575 g/mol. The van der Waals surface area contributed by atoms with Crippen LogP contribution in [0.15, 0.2) is 45.6 Å². The second kappa shape index (κ2) is 16.4. The fourth-order valence-electron chi connectivity index (χ4n) is 3.83. The number of anilines is 1. The molecule has 4 N–H and O–H groups in total. The number of phenols is 1. The Hall–Kier alpha value is -1.42. The van der Waals surface area contributed by atoms with Crippen LogP contribution in [0.25, 0.3) is 16.3 Å². The van der Waals surface area contributed by atoms with Crippen molar-refractivity contribution in [3.05, 3.63) is 74.4 Å². The fourth-order valence-corrected chi connectivity index (χ4v) is 3.83. The van der Waals surface area contributed by atoms with Crippen molar-refractivity contribution in [1.29, 1.82) is 0 Å². The molecule has 4 rings (SSSR count). The van der Waals surface area contributed by atoms with Crippen molar-refractivity contribution in [2.75, 3.05) is 51.8 Å². The summed E-state index contributed by atoms with van der Waals surface area (Å²) in [6, 6.07) is 10.8. The largest absolute Gasteiger partial charge is 0.668 e. The van der Waals surface area contributed by atoms with Gasteiger partial charge in [-0.1, -0.05) is 19.1 Å². The molecule has 0 unspecified atom stereocenters. The number of piperazine rings is 1. The summed E-state index contributed by atoms with van der Waals surface area (Å²) < 4.78 is 5.57. The Balaban J connectivity index is 0.000000797. The monoisotopic (exact) mass is 574 g/mol. The van der Waals surface area contributed by atoms with Gasteiger partial charge in [-0.25, -0.2) is 4.79 Å². The number of nitrogens with zero attached hydrogens (tertiary/aromatic N) is 2. The Kier molecular flexibility index (Phi) is 14.8. The number of aromatic hydroxyl groups is 1. The second-order valence-corrected chi connectivity index (χ2v) is 8.76. The van der Waals surface area contributed by atoms with Crippen LogP contribution in [0.2, 0.25) is 0 Å². The molecular formula is C26H37N4O3SY-. The van der Waals surface area contributed by atoms with Crippen LogP contribution in [0.1, 0.15) is 29.2 Å². The molecule has 1 aromatic heterocycles. The van der Waals surface area contributed by atoms with E-state index in [1.54, 1.807) is 20.2 Å². The van der Waals surface area contributed by atoms with Gasteiger partial charge in [-0.2, -0.15) is 26.7 Å². The number of nitrogens with two attached hydrogens (primary N) is 1. The minimum absolute atomic E-state index is 0. The third-order valence-corrected chi connectivity index (χ3v) is 5.55. The van der Waals surface area contributed by atoms with Gasteiger partial charge >= 0.3 is 5.63 Å². The number of hydrogen-bond acceptors (Lipinski definition) is 7. The molecule has 7 nitrogen and oxygen atoms in total. The van der Waals surface area contributed by atoms with Crippen LogP contribution in [-0.4, -0.2) is 56.0 Å². The van der Waals surface area contributed by atoms with Gasteiger partial charge in [0.15, 0.2) is 0 Å². The number of hydrogen-bond donors (Lipinski definition) is 4. The van der Waals surface area contributed by atoms with Gasteiger partial charge < -0.3 is 25.9 Å². The number of nitrogen functional groups attached to an aromatic ring is 1. The molecule has 1 saturated heterocycles. The SMILES string of the molecule is CCS.C[N-]C.Cc1c(N)cccc1Cc1c(CN2CCNCC2)c2ccc(O)cc2oc1=O.[Y]. The van der Waals surface area contributed by atoms with Gasteiger partial charge in [-0.15, -0.1) is 0 Å². The number of phenolic OH excluding ortho intramolecular Hbond substituents is 1. The number of nitrogens with one attached hydrogen (secondary N) is 1. The van der Waals surface area contributed by atoms with E-state index in [2.05, 4.69) is 28.2 Å². The topological polar surface area (TPSA) is 106 Å². The first-order valence-electron chi connectivity index (χ1n) is 11.5. The molecule has 3 aromatic rings. The van der Waals surface area contributed by atoms with Crippen LogP contribution in [0.4, 0.5) is 5.69 Å². The zero-order valence-electron chi connectivity index (χ0n) is 21.2. The Labute approximate surface area is 239 Å². The number of rotatable bonds is 4. The molecule has 9 heteroatoms. The first-order chi connectivity index (χ1) is 16.4. The molecule has 0 aliphatic carbocycles. The van der Waals surface area contributed by atoms with E-state index in [1.807, 2.05) is 38.1 Å². The zero-order chi connectivity index (χ0) is 25.1. The minimum Gasteiger partial charge on any atom is -0.668 e. The maximum Gasteiger partial charge on any atom is 0.340 e. The van der Waals surface area contributed by atoms with Gasteiger partial charge in [0.25, 0.3) is 0 Å². The maximum absolute atomic E-state index is 12.9. The summed E-state index contributed by atoms with van der Waals surface area (Å²) in [7, 11) is 3.50. The summed E-state index contributed by atoms with van der Waals surface area (Å²) in [6.45, 7) is 8.36. The van der Waals surface area contributed by atoms with E-state index in [4.69, 9.17) is 10.2 Å². The van der Waals surface area contributed by atoms with E-state index in [1.165, 1.54) is 6.07 Å². The third kappa shape index (κ3) is 9.19. The molecule has 1 radical (unpaired) electrons. The molecule has 2 aromatic carbocycles. The first-order valence-corrected chi connectivity index (χ1v) is 12.1. The van der Waals surface area contributed by atoms with E-state index in [-0.39, 0.29) is 44.1 Å². The predicted octanol–water partition coefficient (Wildman–Crippen LogP) is 3.94. The van der Waals surface area contributed by atoms with Crippen LogP contribution in [0.3, 0.4) is 0 Å². The van der Waals surface area contributed by atoms with E-state index < -0.39 is 0 Å². The van der Waals surface area contributed by atoms with E-state index in [9.17, 15) is 9.90 Å². The van der Waals surface area contributed by atoms with Crippen LogP contribution in [0, 0.1) is 6.92 Å². The minimum atomic E-state index is -0.356. The number of thiol groups is 1. The van der Waals surface area contributed by atoms with Crippen molar-refractivity contribution in [1.82, 2.24) is 10.2 Å². The fraction of sp³-hybridized carbons (Fsp3) is 0.423. The molecule has 1 aliphatic rings. The van der Waals surface area contributed by atoms with E-state index in [0.29, 0.717) is 24.1 Å². The molecule has 0 spiro atoms. The molecule has 0 atom stereocenters. The Morgan fingerprint density at radius 1 is 1.17 bits per heavy atom.